The zero-order valence-corrected chi connectivity index (χ0v) is 9.83. The standard InChI is InChI=1S/C13H20N2O/c1-2-3-8-16-12-6-4-11(5-7-12)13(14)9-15-10-13/h4-7,15H,2-3,8-10,14H2,1H3. The van der Waals surface area contributed by atoms with Gasteiger partial charge in [-0.15, -0.1) is 0 Å². The molecule has 1 fully saturated rings. The van der Waals surface area contributed by atoms with Gasteiger partial charge in [0.2, 0.25) is 0 Å². The van der Waals surface area contributed by atoms with E-state index in [9.17, 15) is 0 Å². The number of rotatable bonds is 5. The fourth-order valence-corrected chi connectivity index (χ4v) is 1.82. The van der Waals surface area contributed by atoms with Crippen LogP contribution in [0.25, 0.3) is 0 Å². The number of nitrogens with one attached hydrogen (secondary N) is 1. The maximum Gasteiger partial charge on any atom is 0.119 e. The molecule has 0 spiro atoms. The first-order valence-electron chi connectivity index (χ1n) is 5.97. The van der Waals surface area contributed by atoms with Crippen LogP contribution in [0.3, 0.4) is 0 Å². The van der Waals surface area contributed by atoms with Gasteiger partial charge in [-0.3, -0.25) is 0 Å². The van der Waals surface area contributed by atoms with Crippen molar-refractivity contribution < 1.29 is 4.74 Å². The van der Waals surface area contributed by atoms with E-state index in [1.165, 1.54) is 5.56 Å². The van der Waals surface area contributed by atoms with Crippen molar-refractivity contribution in [1.29, 1.82) is 0 Å². The van der Waals surface area contributed by atoms with Crippen molar-refractivity contribution in [2.75, 3.05) is 19.7 Å². The van der Waals surface area contributed by atoms with Crippen molar-refractivity contribution in [2.24, 2.45) is 5.73 Å². The SMILES string of the molecule is CCCCOc1ccc(C2(N)CNC2)cc1. The summed E-state index contributed by atoms with van der Waals surface area (Å²) in [6.07, 6.45) is 2.27. The predicted octanol–water partition coefficient (Wildman–Crippen LogP) is 1.62. The molecule has 1 aromatic rings. The molecular weight excluding hydrogens is 200 g/mol. The number of hydrogen-bond donors (Lipinski definition) is 2. The van der Waals surface area contributed by atoms with Crippen LogP contribution in [0, 0.1) is 0 Å². The first-order valence-corrected chi connectivity index (χ1v) is 5.97. The van der Waals surface area contributed by atoms with Crippen molar-refractivity contribution in [3.63, 3.8) is 0 Å². The van der Waals surface area contributed by atoms with Gasteiger partial charge in [0.15, 0.2) is 0 Å². The Kier molecular flexibility index (Phi) is 3.46. The molecule has 3 N–H and O–H groups in total. The Labute approximate surface area is 97.0 Å². The van der Waals surface area contributed by atoms with E-state index in [-0.39, 0.29) is 5.54 Å². The van der Waals surface area contributed by atoms with E-state index in [0.717, 1.165) is 38.3 Å². The third-order valence-corrected chi connectivity index (χ3v) is 3.08. The van der Waals surface area contributed by atoms with Gasteiger partial charge < -0.3 is 15.8 Å². The summed E-state index contributed by atoms with van der Waals surface area (Å²) in [6, 6.07) is 8.17. The molecule has 3 nitrogen and oxygen atoms in total. The van der Waals surface area contributed by atoms with Gasteiger partial charge in [0.1, 0.15) is 5.75 Å². The molecule has 0 amide bonds. The predicted molar refractivity (Wildman–Crippen MR) is 65.6 cm³/mol. The van der Waals surface area contributed by atoms with E-state index in [4.69, 9.17) is 10.5 Å². The minimum Gasteiger partial charge on any atom is -0.494 e. The summed E-state index contributed by atoms with van der Waals surface area (Å²) >= 11 is 0. The van der Waals surface area contributed by atoms with E-state index in [2.05, 4.69) is 24.4 Å². The van der Waals surface area contributed by atoms with Crippen LogP contribution >= 0.6 is 0 Å². The van der Waals surface area contributed by atoms with Crippen molar-refractivity contribution in [3.8, 4) is 5.75 Å². The van der Waals surface area contributed by atoms with E-state index in [1.807, 2.05) is 12.1 Å². The van der Waals surface area contributed by atoms with Crippen LogP contribution in [0.1, 0.15) is 25.3 Å². The first-order chi connectivity index (χ1) is 7.74. The molecule has 1 aliphatic rings. The van der Waals surface area contributed by atoms with Gasteiger partial charge in [-0.25, -0.2) is 0 Å². The largest absolute Gasteiger partial charge is 0.494 e. The van der Waals surface area contributed by atoms with Crippen LogP contribution in [-0.4, -0.2) is 19.7 Å². The summed E-state index contributed by atoms with van der Waals surface area (Å²) in [5.74, 6) is 0.938. The molecule has 1 saturated heterocycles. The monoisotopic (exact) mass is 220 g/mol. The zero-order valence-electron chi connectivity index (χ0n) is 9.83. The normalized spacial score (nSPS) is 17.9. The van der Waals surface area contributed by atoms with Crippen LogP contribution in [0.15, 0.2) is 24.3 Å². The van der Waals surface area contributed by atoms with E-state index in [0.29, 0.717) is 0 Å². The van der Waals surface area contributed by atoms with Crippen LogP contribution in [0.5, 0.6) is 5.75 Å². The molecule has 0 bridgehead atoms. The molecule has 0 saturated carbocycles. The number of ether oxygens (including phenoxy) is 1. The van der Waals surface area contributed by atoms with Crippen molar-refractivity contribution in [3.05, 3.63) is 29.8 Å². The summed E-state index contributed by atoms with van der Waals surface area (Å²) in [6.45, 7) is 4.69. The van der Waals surface area contributed by atoms with Gasteiger partial charge >= 0.3 is 0 Å². The van der Waals surface area contributed by atoms with E-state index in [1.54, 1.807) is 0 Å². The minimum absolute atomic E-state index is 0.165. The number of nitrogens with two attached hydrogens (primary N) is 1. The molecule has 1 aliphatic heterocycles. The lowest BCUT2D eigenvalue weighted by atomic mass is 9.85. The second-order valence-electron chi connectivity index (χ2n) is 4.49. The zero-order chi connectivity index (χ0) is 11.4. The van der Waals surface area contributed by atoms with E-state index >= 15 is 0 Å². The average Bonchev–Trinajstić information content (AvgIpc) is 2.27. The molecule has 2 rings (SSSR count). The molecule has 0 atom stereocenters. The molecule has 16 heavy (non-hydrogen) atoms. The van der Waals surface area contributed by atoms with Crippen LogP contribution < -0.4 is 15.8 Å². The summed E-state index contributed by atoms with van der Waals surface area (Å²) in [5, 5.41) is 3.20. The number of benzene rings is 1. The summed E-state index contributed by atoms with van der Waals surface area (Å²) in [7, 11) is 0. The summed E-state index contributed by atoms with van der Waals surface area (Å²) in [4.78, 5) is 0. The molecule has 1 heterocycles. The van der Waals surface area contributed by atoms with Crippen molar-refractivity contribution in [1.82, 2.24) is 5.32 Å². The third-order valence-electron chi connectivity index (χ3n) is 3.08. The second-order valence-corrected chi connectivity index (χ2v) is 4.49. The number of hydrogen-bond acceptors (Lipinski definition) is 3. The van der Waals surface area contributed by atoms with E-state index < -0.39 is 0 Å². The van der Waals surface area contributed by atoms with Gasteiger partial charge in [-0.1, -0.05) is 25.5 Å². The lowest BCUT2D eigenvalue weighted by Gasteiger charge is -2.39. The fraction of sp³-hybridized carbons (Fsp3) is 0.538. The van der Waals surface area contributed by atoms with Crippen molar-refractivity contribution >= 4 is 0 Å². The quantitative estimate of drug-likeness (QED) is 0.741. The second kappa shape index (κ2) is 4.85. The Balaban J connectivity index is 1.94. The van der Waals surface area contributed by atoms with Crippen LogP contribution in [0.2, 0.25) is 0 Å². The van der Waals surface area contributed by atoms with Crippen molar-refractivity contribution in [2.45, 2.75) is 25.3 Å². The Morgan fingerprint density at radius 1 is 1.31 bits per heavy atom. The molecule has 0 aromatic heterocycles. The Hall–Kier alpha value is -1.06. The highest BCUT2D eigenvalue weighted by Gasteiger charge is 2.33. The van der Waals surface area contributed by atoms with Gasteiger partial charge in [-0.05, 0) is 24.1 Å². The highest BCUT2D eigenvalue weighted by molar-refractivity contribution is 5.33. The molecule has 0 aliphatic carbocycles. The van der Waals surface area contributed by atoms with Gasteiger partial charge in [0.05, 0.1) is 12.1 Å². The topological polar surface area (TPSA) is 47.3 Å². The smallest absolute Gasteiger partial charge is 0.119 e. The first kappa shape index (κ1) is 11.4. The molecular formula is C13H20N2O. The summed E-state index contributed by atoms with van der Waals surface area (Å²) < 4.78 is 5.61. The average molecular weight is 220 g/mol. The maximum atomic E-state index is 6.19. The van der Waals surface area contributed by atoms with Crippen LogP contribution in [-0.2, 0) is 5.54 Å². The lowest BCUT2D eigenvalue weighted by molar-refractivity contribution is 0.285. The minimum atomic E-state index is -0.165. The lowest BCUT2D eigenvalue weighted by Crippen LogP contribution is -2.62. The fourth-order valence-electron chi connectivity index (χ4n) is 1.82. The molecule has 0 radical (unpaired) electrons. The Bertz CT molecular complexity index is 330. The van der Waals surface area contributed by atoms with Gasteiger partial charge in [-0.2, -0.15) is 0 Å². The molecule has 1 aromatic carbocycles. The maximum absolute atomic E-state index is 6.19. The highest BCUT2D eigenvalue weighted by Crippen LogP contribution is 2.24. The molecule has 3 heteroatoms. The molecule has 88 valence electrons. The van der Waals surface area contributed by atoms with Gasteiger partial charge in [0, 0.05) is 13.1 Å². The summed E-state index contributed by atoms with van der Waals surface area (Å²) in [5.41, 5.74) is 7.22. The van der Waals surface area contributed by atoms with Crippen LogP contribution in [0.4, 0.5) is 0 Å². The molecule has 0 unspecified atom stereocenters. The van der Waals surface area contributed by atoms with Gasteiger partial charge in [0.25, 0.3) is 0 Å². The number of unbranched alkanes of at least 4 members (excludes halogenated alkanes) is 1. The third kappa shape index (κ3) is 2.36. The highest BCUT2D eigenvalue weighted by atomic mass is 16.5. The Morgan fingerprint density at radius 3 is 2.50 bits per heavy atom. The Morgan fingerprint density at radius 2 is 2.00 bits per heavy atom.